The van der Waals surface area contributed by atoms with E-state index in [9.17, 15) is 0 Å². The maximum Gasteiger partial charge on any atom is 0.692 e. The number of aliphatic hydroxyl groups is 1. The van der Waals surface area contributed by atoms with Crippen molar-refractivity contribution in [2.24, 2.45) is 0 Å². The van der Waals surface area contributed by atoms with Crippen molar-refractivity contribution in [3.05, 3.63) is 12.7 Å². The van der Waals surface area contributed by atoms with Gasteiger partial charge in [0, 0.05) is 4.57 Å². The van der Waals surface area contributed by atoms with E-state index in [0.29, 0.717) is 13.2 Å². The fourth-order valence-electron chi connectivity index (χ4n) is 0.322. The Balaban J connectivity index is 0. The summed E-state index contributed by atoms with van der Waals surface area (Å²) < 4.78 is 13.6. The van der Waals surface area contributed by atoms with E-state index in [2.05, 4.69) is 6.58 Å². The van der Waals surface area contributed by atoms with Crippen LogP contribution in [0.4, 0.5) is 0 Å². The molecule has 0 aromatic carbocycles. The van der Waals surface area contributed by atoms with Gasteiger partial charge in [-0.1, -0.05) is 6.08 Å². The number of aliphatic hydroxyl groups excluding tert-OH is 1. The minimum atomic E-state index is -2.87. The molecule has 0 bridgehead atoms. The van der Waals surface area contributed by atoms with Gasteiger partial charge in [0.15, 0.2) is 0 Å². The highest BCUT2D eigenvalue weighted by atomic mass is 31.1. The Bertz CT molecular complexity index is 121. The molecule has 0 radical (unpaired) electrons. The standard InChI is InChI=1S/C6H12O2.HO3P/c1-3-4-8-5-6(2)7;1-4(2)3/h3,6-7H,1,4-5H2,2H3;(H-,1,2,3)/p+1. The van der Waals surface area contributed by atoms with E-state index in [4.69, 9.17) is 24.2 Å². The highest BCUT2D eigenvalue weighted by Crippen LogP contribution is 1.98. The molecule has 0 aliphatic rings. The van der Waals surface area contributed by atoms with Crippen LogP contribution in [-0.2, 0) is 9.30 Å². The molecule has 72 valence electrons. The van der Waals surface area contributed by atoms with Crippen molar-refractivity contribution in [3.63, 3.8) is 0 Å². The SMILES string of the molecule is C=CCOCC(C)O.O=[P+](O)O. The lowest BCUT2D eigenvalue weighted by molar-refractivity contribution is 0.0599. The van der Waals surface area contributed by atoms with E-state index in [-0.39, 0.29) is 6.10 Å². The van der Waals surface area contributed by atoms with Crippen molar-refractivity contribution < 1.29 is 24.2 Å². The van der Waals surface area contributed by atoms with Gasteiger partial charge in [-0.3, -0.25) is 0 Å². The topological polar surface area (TPSA) is 87.0 Å². The smallest absolute Gasteiger partial charge is 0.391 e. The lowest BCUT2D eigenvalue weighted by Gasteiger charge is -2.01. The molecule has 12 heavy (non-hydrogen) atoms. The lowest BCUT2D eigenvalue weighted by atomic mass is 10.4. The van der Waals surface area contributed by atoms with Gasteiger partial charge in [0.05, 0.1) is 19.3 Å². The second kappa shape index (κ2) is 10.7. The summed E-state index contributed by atoms with van der Waals surface area (Å²) in [6.45, 7) is 6.05. The molecule has 0 aromatic rings. The third-order valence-electron chi connectivity index (χ3n) is 0.595. The van der Waals surface area contributed by atoms with Gasteiger partial charge in [0.25, 0.3) is 0 Å². The van der Waals surface area contributed by atoms with Crippen molar-refractivity contribution in [1.29, 1.82) is 0 Å². The average molecular weight is 197 g/mol. The van der Waals surface area contributed by atoms with E-state index in [1.54, 1.807) is 13.0 Å². The molecule has 0 saturated heterocycles. The summed E-state index contributed by atoms with van der Waals surface area (Å²) >= 11 is 0. The van der Waals surface area contributed by atoms with Crippen LogP contribution in [-0.4, -0.2) is 34.2 Å². The van der Waals surface area contributed by atoms with E-state index in [0.717, 1.165) is 0 Å². The molecule has 1 unspecified atom stereocenters. The zero-order valence-corrected chi connectivity index (χ0v) is 7.78. The molecule has 0 aliphatic heterocycles. The Morgan fingerprint density at radius 2 is 2.08 bits per heavy atom. The molecule has 3 N–H and O–H groups in total. The van der Waals surface area contributed by atoms with E-state index < -0.39 is 8.25 Å². The predicted octanol–water partition coefficient (Wildman–Crippen LogP) is 0.198. The Labute approximate surface area is 72.3 Å². The summed E-state index contributed by atoms with van der Waals surface area (Å²) in [5, 5.41) is 8.62. The molecule has 0 rings (SSSR count). The second-order valence-electron chi connectivity index (χ2n) is 1.93. The Morgan fingerprint density at radius 1 is 1.67 bits per heavy atom. The molecular weight excluding hydrogens is 183 g/mol. The Kier molecular flexibility index (Phi) is 12.7. The summed E-state index contributed by atoms with van der Waals surface area (Å²) in [6.07, 6.45) is 1.29. The molecular formula is C6H14O5P+. The van der Waals surface area contributed by atoms with Gasteiger partial charge >= 0.3 is 8.25 Å². The molecule has 0 heterocycles. The summed E-state index contributed by atoms with van der Waals surface area (Å²) in [4.78, 5) is 14.2. The van der Waals surface area contributed by atoms with Gasteiger partial charge in [-0.2, -0.15) is 0 Å². The van der Waals surface area contributed by atoms with Crippen LogP contribution >= 0.6 is 8.25 Å². The zero-order chi connectivity index (χ0) is 9.98. The fourth-order valence-corrected chi connectivity index (χ4v) is 0.322. The summed E-state index contributed by atoms with van der Waals surface area (Å²) in [7, 11) is -2.87. The Morgan fingerprint density at radius 3 is 2.33 bits per heavy atom. The van der Waals surface area contributed by atoms with Crippen LogP contribution in [0.2, 0.25) is 0 Å². The summed E-state index contributed by atoms with van der Waals surface area (Å²) in [6, 6.07) is 0. The second-order valence-corrected chi connectivity index (χ2v) is 2.43. The molecule has 0 aliphatic carbocycles. The molecule has 0 saturated carbocycles. The molecule has 0 fully saturated rings. The van der Waals surface area contributed by atoms with Crippen molar-refractivity contribution in [2.45, 2.75) is 13.0 Å². The predicted molar refractivity (Wildman–Crippen MR) is 44.7 cm³/mol. The van der Waals surface area contributed by atoms with Gasteiger partial charge in [0.1, 0.15) is 0 Å². The van der Waals surface area contributed by atoms with Crippen molar-refractivity contribution in [2.75, 3.05) is 13.2 Å². The molecule has 0 aromatic heterocycles. The molecule has 0 spiro atoms. The number of hydrogen-bond acceptors (Lipinski definition) is 3. The van der Waals surface area contributed by atoms with Crippen molar-refractivity contribution >= 4 is 8.25 Å². The lowest BCUT2D eigenvalue weighted by Crippen LogP contribution is -2.09. The third-order valence-corrected chi connectivity index (χ3v) is 0.595. The number of hydrogen-bond donors (Lipinski definition) is 3. The fraction of sp³-hybridized carbons (Fsp3) is 0.667. The number of ether oxygens (including phenoxy) is 1. The minimum Gasteiger partial charge on any atom is -0.391 e. The van der Waals surface area contributed by atoms with Crippen LogP contribution < -0.4 is 0 Å². The Hall–Kier alpha value is -0.320. The van der Waals surface area contributed by atoms with Crippen molar-refractivity contribution in [1.82, 2.24) is 0 Å². The summed E-state index contributed by atoms with van der Waals surface area (Å²) in [5.74, 6) is 0. The van der Waals surface area contributed by atoms with Crippen LogP contribution in [0.3, 0.4) is 0 Å². The van der Waals surface area contributed by atoms with Crippen molar-refractivity contribution in [3.8, 4) is 0 Å². The van der Waals surface area contributed by atoms with E-state index >= 15 is 0 Å². The molecule has 5 nitrogen and oxygen atoms in total. The van der Waals surface area contributed by atoms with Gasteiger partial charge in [-0.25, -0.2) is 0 Å². The van der Waals surface area contributed by atoms with E-state index in [1.165, 1.54) is 0 Å². The molecule has 6 heteroatoms. The number of rotatable bonds is 4. The largest absolute Gasteiger partial charge is 0.692 e. The van der Waals surface area contributed by atoms with Gasteiger partial charge in [0.2, 0.25) is 0 Å². The first-order valence-corrected chi connectivity index (χ1v) is 4.39. The van der Waals surface area contributed by atoms with Gasteiger partial charge < -0.3 is 9.84 Å². The van der Waals surface area contributed by atoms with Crippen LogP contribution in [0, 0.1) is 0 Å². The first-order chi connectivity index (χ1) is 5.50. The highest BCUT2D eigenvalue weighted by Gasteiger charge is 1.93. The van der Waals surface area contributed by atoms with Crippen LogP contribution in [0.5, 0.6) is 0 Å². The van der Waals surface area contributed by atoms with Gasteiger partial charge in [-0.15, -0.1) is 16.4 Å². The van der Waals surface area contributed by atoms with E-state index in [1.807, 2.05) is 0 Å². The minimum absolute atomic E-state index is 0.366. The maximum absolute atomic E-state index is 8.70. The highest BCUT2D eigenvalue weighted by molar-refractivity contribution is 7.30. The van der Waals surface area contributed by atoms with Crippen LogP contribution in [0.25, 0.3) is 0 Å². The van der Waals surface area contributed by atoms with Crippen LogP contribution in [0.1, 0.15) is 6.92 Å². The van der Waals surface area contributed by atoms with Crippen LogP contribution in [0.15, 0.2) is 12.7 Å². The zero-order valence-electron chi connectivity index (χ0n) is 6.88. The summed E-state index contributed by atoms with van der Waals surface area (Å²) in [5.41, 5.74) is 0. The molecule has 0 amide bonds. The third kappa shape index (κ3) is 33.3. The molecule has 1 atom stereocenters. The average Bonchev–Trinajstić information content (AvgIpc) is 1.86. The quantitative estimate of drug-likeness (QED) is 0.340. The maximum atomic E-state index is 8.70. The first kappa shape index (κ1) is 14.2. The first-order valence-electron chi connectivity index (χ1n) is 3.22. The normalized spacial score (nSPS) is 11.0. The monoisotopic (exact) mass is 197 g/mol. The van der Waals surface area contributed by atoms with Gasteiger partial charge in [-0.05, 0) is 6.92 Å².